The first kappa shape index (κ1) is 13.1. The molecule has 0 aliphatic heterocycles. The Bertz CT molecular complexity index is 524. The highest BCUT2D eigenvalue weighted by atomic mass is 16.4. The van der Waals surface area contributed by atoms with Crippen molar-refractivity contribution in [1.82, 2.24) is 0 Å². The summed E-state index contributed by atoms with van der Waals surface area (Å²) in [6, 6.07) is 6.18. The molecule has 0 saturated heterocycles. The maximum Gasteiger partial charge on any atom is 0.307 e. The molecule has 1 aromatic rings. The SMILES string of the molecule is O=C(O)C1CC=CCC1C(=O)Nc1cccc(O)c1. The lowest BCUT2D eigenvalue weighted by Gasteiger charge is -2.24. The number of hydrogen-bond acceptors (Lipinski definition) is 3. The highest BCUT2D eigenvalue weighted by molar-refractivity contribution is 5.95. The van der Waals surface area contributed by atoms with Crippen LogP contribution in [0.25, 0.3) is 0 Å². The smallest absolute Gasteiger partial charge is 0.307 e. The summed E-state index contributed by atoms with van der Waals surface area (Å²) in [7, 11) is 0. The number of carboxylic acids is 1. The molecule has 0 saturated carbocycles. The molecule has 100 valence electrons. The van der Waals surface area contributed by atoms with Gasteiger partial charge in [-0.3, -0.25) is 9.59 Å². The van der Waals surface area contributed by atoms with Crippen molar-refractivity contribution in [2.24, 2.45) is 11.8 Å². The number of amides is 1. The van der Waals surface area contributed by atoms with Crippen LogP contribution in [-0.4, -0.2) is 22.1 Å². The lowest BCUT2D eigenvalue weighted by Crippen LogP contribution is -2.34. The molecule has 0 radical (unpaired) electrons. The van der Waals surface area contributed by atoms with Gasteiger partial charge in [-0.2, -0.15) is 0 Å². The molecule has 0 bridgehead atoms. The molecule has 0 heterocycles. The summed E-state index contributed by atoms with van der Waals surface area (Å²) in [6.07, 6.45) is 4.40. The van der Waals surface area contributed by atoms with Gasteiger partial charge >= 0.3 is 5.97 Å². The van der Waals surface area contributed by atoms with Gasteiger partial charge in [0.25, 0.3) is 0 Å². The maximum atomic E-state index is 12.1. The van der Waals surface area contributed by atoms with Gasteiger partial charge in [0.2, 0.25) is 5.91 Å². The fourth-order valence-electron chi connectivity index (χ4n) is 2.20. The Morgan fingerprint density at radius 2 is 1.84 bits per heavy atom. The summed E-state index contributed by atoms with van der Waals surface area (Å²) in [5, 5.41) is 21.1. The zero-order valence-corrected chi connectivity index (χ0v) is 10.2. The van der Waals surface area contributed by atoms with Crippen molar-refractivity contribution in [3.63, 3.8) is 0 Å². The van der Waals surface area contributed by atoms with Crippen molar-refractivity contribution in [3.8, 4) is 5.75 Å². The average molecular weight is 261 g/mol. The minimum Gasteiger partial charge on any atom is -0.508 e. The zero-order chi connectivity index (χ0) is 13.8. The van der Waals surface area contributed by atoms with Crippen LogP contribution in [0.4, 0.5) is 5.69 Å². The van der Waals surface area contributed by atoms with Crippen molar-refractivity contribution < 1.29 is 19.8 Å². The highest BCUT2D eigenvalue weighted by Gasteiger charge is 2.33. The molecule has 2 rings (SSSR count). The minimum absolute atomic E-state index is 0.0520. The van der Waals surface area contributed by atoms with Crippen LogP contribution in [0.1, 0.15) is 12.8 Å². The highest BCUT2D eigenvalue weighted by Crippen LogP contribution is 2.27. The monoisotopic (exact) mass is 261 g/mol. The molecule has 2 atom stereocenters. The van der Waals surface area contributed by atoms with Crippen LogP contribution in [0.2, 0.25) is 0 Å². The fraction of sp³-hybridized carbons (Fsp3) is 0.286. The van der Waals surface area contributed by atoms with Crippen LogP contribution in [0, 0.1) is 11.8 Å². The number of nitrogens with one attached hydrogen (secondary N) is 1. The first-order chi connectivity index (χ1) is 9.08. The van der Waals surface area contributed by atoms with Crippen molar-refractivity contribution in [2.45, 2.75) is 12.8 Å². The summed E-state index contributed by atoms with van der Waals surface area (Å²) >= 11 is 0. The number of hydrogen-bond donors (Lipinski definition) is 3. The van der Waals surface area contributed by atoms with Gasteiger partial charge in [-0.1, -0.05) is 18.2 Å². The third-order valence-electron chi connectivity index (χ3n) is 3.20. The quantitative estimate of drug-likeness (QED) is 0.726. The zero-order valence-electron chi connectivity index (χ0n) is 10.2. The number of carboxylic acid groups (broad SMARTS) is 1. The molecule has 1 amide bonds. The summed E-state index contributed by atoms with van der Waals surface area (Å²) in [4.78, 5) is 23.2. The van der Waals surface area contributed by atoms with E-state index in [2.05, 4.69) is 5.32 Å². The molecule has 19 heavy (non-hydrogen) atoms. The third kappa shape index (κ3) is 3.13. The van der Waals surface area contributed by atoms with Crippen LogP contribution in [-0.2, 0) is 9.59 Å². The maximum absolute atomic E-state index is 12.1. The van der Waals surface area contributed by atoms with E-state index in [1.807, 2.05) is 6.08 Å². The molecule has 0 fully saturated rings. The Labute approximate surface area is 110 Å². The number of aromatic hydroxyl groups is 1. The Kier molecular flexibility index (Phi) is 3.85. The topological polar surface area (TPSA) is 86.6 Å². The van der Waals surface area contributed by atoms with Crippen LogP contribution in [0.5, 0.6) is 5.75 Å². The summed E-state index contributed by atoms with van der Waals surface area (Å²) in [6.45, 7) is 0. The van der Waals surface area contributed by atoms with Crippen molar-refractivity contribution >= 4 is 17.6 Å². The summed E-state index contributed by atoms with van der Waals surface area (Å²) in [5.74, 6) is -2.51. The average Bonchev–Trinajstić information content (AvgIpc) is 2.38. The van der Waals surface area contributed by atoms with E-state index in [0.717, 1.165) is 0 Å². The van der Waals surface area contributed by atoms with Crippen LogP contribution >= 0.6 is 0 Å². The molecule has 5 heteroatoms. The van der Waals surface area contributed by atoms with E-state index in [0.29, 0.717) is 18.5 Å². The summed E-state index contributed by atoms with van der Waals surface area (Å²) < 4.78 is 0. The van der Waals surface area contributed by atoms with E-state index < -0.39 is 17.8 Å². The van der Waals surface area contributed by atoms with E-state index in [4.69, 9.17) is 5.11 Å². The molecule has 1 aliphatic carbocycles. The number of allylic oxidation sites excluding steroid dienone is 2. The molecule has 1 aliphatic rings. The largest absolute Gasteiger partial charge is 0.508 e. The Morgan fingerprint density at radius 1 is 1.16 bits per heavy atom. The van der Waals surface area contributed by atoms with Gasteiger partial charge in [-0.05, 0) is 25.0 Å². The Morgan fingerprint density at radius 3 is 2.47 bits per heavy atom. The molecule has 0 spiro atoms. The lowest BCUT2D eigenvalue weighted by atomic mass is 9.82. The van der Waals surface area contributed by atoms with Gasteiger partial charge in [-0.25, -0.2) is 0 Å². The number of benzene rings is 1. The second-order valence-corrected chi connectivity index (χ2v) is 4.53. The predicted molar refractivity (Wildman–Crippen MR) is 69.7 cm³/mol. The third-order valence-corrected chi connectivity index (χ3v) is 3.20. The number of carbonyl (C=O) groups excluding carboxylic acids is 1. The molecule has 0 aromatic heterocycles. The second kappa shape index (κ2) is 5.56. The standard InChI is InChI=1S/C14H15NO4/c16-10-5-3-4-9(8-10)15-13(17)11-6-1-2-7-12(11)14(18)19/h1-5,8,11-12,16H,6-7H2,(H,15,17)(H,18,19). The Balaban J connectivity index is 2.10. The number of phenolic OH excluding ortho intramolecular Hbond substituents is 1. The van der Waals surface area contributed by atoms with Gasteiger partial charge < -0.3 is 15.5 Å². The van der Waals surface area contributed by atoms with Gasteiger partial charge in [-0.15, -0.1) is 0 Å². The number of rotatable bonds is 3. The first-order valence-electron chi connectivity index (χ1n) is 6.05. The Hall–Kier alpha value is -2.30. The molecule has 3 N–H and O–H groups in total. The summed E-state index contributed by atoms with van der Waals surface area (Å²) in [5.41, 5.74) is 0.462. The van der Waals surface area contributed by atoms with Crippen molar-refractivity contribution in [1.29, 1.82) is 0 Å². The molecular formula is C14H15NO4. The number of aliphatic carboxylic acids is 1. The van der Waals surface area contributed by atoms with Crippen molar-refractivity contribution in [2.75, 3.05) is 5.32 Å². The number of carbonyl (C=O) groups is 2. The van der Waals surface area contributed by atoms with Crippen molar-refractivity contribution in [3.05, 3.63) is 36.4 Å². The van der Waals surface area contributed by atoms with Gasteiger partial charge in [0.1, 0.15) is 5.75 Å². The normalized spacial score (nSPS) is 21.9. The number of anilines is 1. The molecule has 1 aromatic carbocycles. The number of phenols is 1. The van der Waals surface area contributed by atoms with E-state index in [9.17, 15) is 14.7 Å². The molecule has 2 unspecified atom stereocenters. The van der Waals surface area contributed by atoms with Crippen LogP contribution in [0.3, 0.4) is 0 Å². The van der Waals surface area contributed by atoms with E-state index in [-0.39, 0.29) is 11.7 Å². The second-order valence-electron chi connectivity index (χ2n) is 4.53. The fourth-order valence-corrected chi connectivity index (χ4v) is 2.20. The minimum atomic E-state index is -0.958. The lowest BCUT2D eigenvalue weighted by molar-refractivity contribution is -0.146. The van der Waals surface area contributed by atoms with E-state index in [1.54, 1.807) is 18.2 Å². The van der Waals surface area contributed by atoms with E-state index >= 15 is 0 Å². The van der Waals surface area contributed by atoms with Gasteiger partial charge in [0, 0.05) is 11.8 Å². The van der Waals surface area contributed by atoms with Gasteiger partial charge in [0.15, 0.2) is 0 Å². The first-order valence-corrected chi connectivity index (χ1v) is 6.05. The molecule has 5 nitrogen and oxygen atoms in total. The van der Waals surface area contributed by atoms with Crippen LogP contribution in [0.15, 0.2) is 36.4 Å². The van der Waals surface area contributed by atoms with E-state index in [1.165, 1.54) is 12.1 Å². The van der Waals surface area contributed by atoms with Crippen LogP contribution < -0.4 is 5.32 Å². The molecular weight excluding hydrogens is 246 g/mol. The van der Waals surface area contributed by atoms with Gasteiger partial charge in [0.05, 0.1) is 11.8 Å². The predicted octanol–water partition coefficient (Wildman–Crippen LogP) is 2.00.